The number of halogens is 3. The largest absolute Gasteiger partial charge is 0.573 e. The first kappa shape index (κ1) is 19.8. The molecular weight excluding hydrogens is 425 g/mol. The number of phenols is 1. The summed E-state index contributed by atoms with van der Waals surface area (Å²) >= 11 is 0. The van der Waals surface area contributed by atoms with Crippen molar-refractivity contribution in [3.8, 4) is 22.6 Å². The number of nitrogens with one attached hydrogen (secondary N) is 1. The van der Waals surface area contributed by atoms with Crippen LogP contribution in [0.4, 0.5) is 18.9 Å². The Kier molecular flexibility index (Phi) is 4.49. The molecule has 11 heteroatoms. The molecular formula is C19H13F3N2O5S. The Morgan fingerprint density at radius 1 is 1.00 bits per heavy atom. The van der Waals surface area contributed by atoms with Crippen LogP contribution in [0.3, 0.4) is 0 Å². The Hall–Kier alpha value is -3.47. The number of benzene rings is 3. The fourth-order valence-electron chi connectivity index (χ4n) is 3.19. The van der Waals surface area contributed by atoms with Crippen LogP contribution < -0.4 is 13.8 Å². The maximum atomic E-state index is 12.5. The van der Waals surface area contributed by atoms with E-state index in [0.29, 0.717) is 21.9 Å². The lowest BCUT2D eigenvalue weighted by Gasteiger charge is -2.17. The lowest BCUT2D eigenvalue weighted by Crippen LogP contribution is -2.29. The zero-order valence-corrected chi connectivity index (χ0v) is 15.8. The highest BCUT2D eigenvalue weighted by Crippen LogP contribution is 2.37. The van der Waals surface area contributed by atoms with Crippen molar-refractivity contribution >= 4 is 32.6 Å². The van der Waals surface area contributed by atoms with Crippen molar-refractivity contribution < 1.29 is 36.2 Å². The molecule has 1 fully saturated rings. The number of anilines is 1. The number of carbonyl (C=O) groups excluding carboxylic acids is 1. The van der Waals surface area contributed by atoms with Crippen LogP contribution in [0.5, 0.6) is 11.5 Å². The molecule has 0 saturated carbocycles. The Bertz CT molecular complexity index is 1270. The molecule has 0 atom stereocenters. The molecule has 1 aliphatic rings. The van der Waals surface area contributed by atoms with Crippen LogP contribution in [-0.4, -0.2) is 32.3 Å². The van der Waals surface area contributed by atoms with E-state index >= 15 is 0 Å². The van der Waals surface area contributed by atoms with Gasteiger partial charge in [-0.3, -0.25) is 4.79 Å². The van der Waals surface area contributed by atoms with Crippen LogP contribution in [-0.2, 0) is 15.0 Å². The summed E-state index contributed by atoms with van der Waals surface area (Å²) in [6.45, 7) is -0.474. The van der Waals surface area contributed by atoms with Crippen molar-refractivity contribution in [1.82, 2.24) is 4.72 Å². The minimum absolute atomic E-state index is 0.0906. The van der Waals surface area contributed by atoms with Crippen molar-refractivity contribution in [3.63, 3.8) is 0 Å². The van der Waals surface area contributed by atoms with Crippen molar-refractivity contribution in [2.24, 2.45) is 0 Å². The van der Waals surface area contributed by atoms with Gasteiger partial charge in [0.05, 0.1) is 5.69 Å². The Labute approximate surface area is 168 Å². The van der Waals surface area contributed by atoms with Crippen LogP contribution in [0.1, 0.15) is 0 Å². The Morgan fingerprint density at radius 3 is 2.40 bits per heavy atom. The molecule has 1 heterocycles. The van der Waals surface area contributed by atoms with Gasteiger partial charge < -0.3 is 9.84 Å². The normalized spacial score (nSPS) is 16.0. The molecule has 3 aromatic carbocycles. The molecule has 1 aliphatic heterocycles. The van der Waals surface area contributed by atoms with Crippen LogP contribution >= 0.6 is 0 Å². The second-order valence-electron chi connectivity index (χ2n) is 6.52. The summed E-state index contributed by atoms with van der Waals surface area (Å²) in [6.07, 6.45) is -4.82. The number of aromatic hydroxyl groups is 1. The second-order valence-corrected chi connectivity index (χ2v) is 8.11. The molecule has 1 saturated heterocycles. The minimum atomic E-state index is -4.82. The number of hydrogen-bond acceptors (Lipinski definition) is 5. The van der Waals surface area contributed by atoms with E-state index in [2.05, 4.69) is 4.74 Å². The van der Waals surface area contributed by atoms with Crippen LogP contribution in [0.25, 0.3) is 21.9 Å². The van der Waals surface area contributed by atoms with Gasteiger partial charge in [0, 0.05) is 0 Å². The lowest BCUT2D eigenvalue weighted by molar-refractivity contribution is -0.274. The summed E-state index contributed by atoms with van der Waals surface area (Å²) in [5.41, 5.74) is 0.899. The van der Waals surface area contributed by atoms with Gasteiger partial charge in [-0.15, -0.1) is 13.2 Å². The van der Waals surface area contributed by atoms with E-state index in [-0.39, 0.29) is 17.2 Å². The number of nitrogens with zero attached hydrogens (tertiary/aromatic N) is 1. The topological polar surface area (TPSA) is 95.9 Å². The van der Waals surface area contributed by atoms with Gasteiger partial charge in [0.1, 0.15) is 18.0 Å². The van der Waals surface area contributed by atoms with E-state index in [1.165, 1.54) is 30.3 Å². The highest BCUT2D eigenvalue weighted by atomic mass is 32.2. The summed E-state index contributed by atoms with van der Waals surface area (Å²) in [5, 5.41) is 11.3. The molecule has 0 bridgehead atoms. The molecule has 2 N–H and O–H groups in total. The highest BCUT2D eigenvalue weighted by molar-refractivity contribution is 7.92. The second kappa shape index (κ2) is 6.80. The summed E-state index contributed by atoms with van der Waals surface area (Å²) < 4.78 is 68.1. The van der Waals surface area contributed by atoms with Crippen molar-refractivity contribution in [3.05, 3.63) is 54.6 Å². The van der Waals surface area contributed by atoms with Gasteiger partial charge in [-0.25, -0.2) is 9.03 Å². The molecule has 0 aromatic heterocycles. The molecule has 0 spiro atoms. The number of ether oxygens (including phenoxy) is 1. The third-order valence-electron chi connectivity index (χ3n) is 4.42. The SMILES string of the molecule is O=C1CN(c2cc3cc(-c4cccc(OC(F)(F)F)c4)ccc3cc2O)S(=O)(=O)N1. The molecule has 4 rings (SSSR count). The predicted octanol–water partition coefficient (Wildman–Crippen LogP) is 3.29. The minimum Gasteiger partial charge on any atom is -0.506 e. The first-order chi connectivity index (χ1) is 14.0. The van der Waals surface area contributed by atoms with Crippen molar-refractivity contribution in [1.29, 1.82) is 0 Å². The quantitative estimate of drug-likeness (QED) is 0.654. The zero-order valence-electron chi connectivity index (χ0n) is 15.0. The van der Waals surface area contributed by atoms with E-state index in [4.69, 9.17) is 0 Å². The maximum absolute atomic E-state index is 12.5. The first-order valence-electron chi connectivity index (χ1n) is 8.48. The molecule has 0 aliphatic carbocycles. The van der Waals surface area contributed by atoms with Gasteiger partial charge in [0.2, 0.25) is 0 Å². The molecule has 3 aromatic rings. The summed E-state index contributed by atoms with van der Waals surface area (Å²) in [4.78, 5) is 11.5. The van der Waals surface area contributed by atoms with E-state index in [9.17, 15) is 31.5 Å². The summed E-state index contributed by atoms with van der Waals surface area (Å²) in [5.74, 6) is -1.44. The van der Waals surface area contributed by atoms with E-state index in [1.54, 1.807) is 24.3 Å². The third-order valence-corrected chi connectivity index (χ3v) is 5.82. The molecule has 156 valence electrons. The number of alkyl halides is 3. The molecule has 1 amide bonds. The Balaban J connectivity index is 1.77. The van der Waals surface area contributed by atoms with Crippen LogP contribution in [0, 0.1) is 0 Å². The van der Waals surface area contributed by atoms with Gasteiger partial charge in [0.15, 0.2) is 0 Å². The first-order valence-corrected chi connectivity index (χ1v) is 9.92. The number of phenolic OH excluding ortho intramolecular Hbond substituents is 1. The third kappa shape index (κ3) is 3.83. The summed E-state index contributed by atoms with van der Waals surface area (Å²) in [6, 6.07) is 13.1. The number of carbonyl (C=O) groups is 1. The van der Waals surface area contributed by atoms with E-state index < -0.39 is 29.0 Å². The Morgan fingerprint density at radius 2 is 1.73 bits per heavy atom. The number of rotatable bonds is 3. The fraction of sp³-hybridized carbons (Fsp3) is 0.105. The van der Waals surface area contributed by atoms with Gasteiger partial charge in [-0.05, 0) is 52.2 Å². The highest BCUT2D eigenvalue weighted by Gasteiger charge is 2.35. The van der Waals surface area contributed by atoms with Crippen molar-refractivity contribution in [2.45, 2.75) is 6.36 Å². The average Bonchev–Trinajstić information content (AvgIpc) is 2.91. The average molecular weight is 438 g/mol. The van der Waals surface area contributed by atoms with Crippen molar-refractivity contribution in [2.75, 3.05) is 10.8 Å². The van der Waals surface area contributed by atoms with Gasteiger partial charge in [-0.2, -0.15) is 8.42 Å². The van der Waals surface area contributed by atoms with E-state index in [0.717, 1.165) is 4.31 Å². The molecule has 0 unspecified atom stereocenters. The van der Waals surface area contributed by atoms with E-state index in [1.807, 2.05) is 4.72 Å². The van der Waals surface area contributed by atoms with Gasteiger partial charge >= 0.3 is 16.6 Å². The van der Waals surface area contributed by atoms with Crippen LogP contribution in [0.2, 0.25) is 0 Å². The molecule has 30 heavy (non-hydrogen) atoms. The van der Waals surface area contributed by atoms with Gasteiger partial charge in [-0.1, -0.05) is 24.3 Å². The maximum Gasteiger partial charge on any atom is 0.573 e. The standard InChI is InChI=1S/C19H13F3N2O5S/c20-19(21,22)29-15-3-1-2-11(7-15)12-4-5-13-9-17(25)16(8-14(13)6-12)24-10-18(26)23-30(24,27)28/h1-9,25H,10H2,(H,23,26). The predicted molar refractivity (Wildman–Crippen MR) is 102 cm³/mol. The number of fused-ring (bicyclic) bond motifs is 1. The molecule has 7 nitrogen and oxygen atoms in total. The summed E-state index contributed by atoms with van der Waals surface area (Å²) in [7, 11) is -4.12. The number of hydrogen-bond donors (Lipinski definition) is 2. The lowest BCUT2D eigenvalue weighted by atomic mass is 10.0. The monoisotopic (exact) mass is 438 g/mol. The smallest absolute Gasteiger partial charge is 0.506 e. The number of amides is 1. The van der Waals surface area contributed by atoms with Crippen LogP contribution in [0.15, 0.2) is 54.6 Å². The molecule has 0 radical (unpaired) electrons. The zero-order chi connectivity index (χ0) is 21.7. The van der Waals surface area contributed by atoms with Gasteiger partial charge in [0.25, 0.3) is 5.91 Å². The fourth-order valence-corrected chi connectivity index (χ4v) is 4.34.